The van der Waals surface area contributed by atoms with Crippen molar-refractivity contribution in [3.8, 4) is 0 Å². The summed E-state index contributed by atoms with van der Waals surface area (Å²) in [6.07, 6.45) is 91.3. The molecule has 0 aromatic heterocycles. The SMILES string of the molecule is CC/C=C\C/C=C\C/C=C\C/C=C\C/C=C\CCCCCCCCCC(=O)OCC(COC(=O)CCC/C=C\C/C=C\C/C=C\C/C=C\C/C=C\CC)OC(=O)CCCCCCCCCCC/C=C\C/C=C\CCCCC. The van der Waals surface area contributed by atoms with Gasteiger partial charge < -0.3 is 14.2 Å². The Morgan fingerprint density at radius 1 is 0.273 bits per heavy atom. The molecule has 77 heavy (non-hydrogen) atoms. The van der Waals surface area contributed by atoms with Crippen molar-refractivity contribution in [2.75, 3.05) is 13.2 Å². The van der Waals surface area contributed by atoms with Gasteiger partial charge in [-0.1, -0.05) is 256 Å². The maximum absolute atomic E-state index is 12.9. The van der Waals surface area contributed by atoms with Gasteiger partial charge in [-0.15, -0.1) is 0 Å². The number of ether oxygens (including phenoxy) is 3. The molecule has 6 heteroatoms. The van der Waals surface area contributed by atoms with Crippen LogP contribution in [-0.2, 0) is 28.6 Å². The zero-order chi connectivity index (χ0) is 55.7. The third-order valence-corrected chi connectivity index (χ3v) is 12.8. The van der Waals surface area contributed by atoms with Crippen LogP contribution in [-0.4, -0.2) is 37.2 Å². The summed E-state index contributed by atoms with van der Waals surface area (Å²) in [6.45, 7) is 6.33. The summed E-state index contributed by atoms with van der Waals surface area (Å²) >= 11 is 0. The van der Waals surface area contributed by atoms with E-state index in [0.29, 0.717) is 19.3 Å². The summed E-state index contributed by atoms with van der Waals surface area (Å²) in [6, 6.07) is 0. The van der Waals surface area contributed by atoms with Crippen LogP contribution < -0.4 is 0 Å². The molecule has 0 saturated carbocycles. The quantitative estimate of drug-likeness (QED) is 0.0261. The van der Waals surface area contributed by atoms with Crippen LogP contribution in [0.4, 0.5) is 0 Å². The van der Waals surface area contributed by atoms with Gasteiger partial charge >= 0.3 is 17.9 Å². The van der Waals surface area contributed by atoms with Gasteiger partial charge in [0.15, 0.2) is 6.10 Å². The Morgan fingerprint density at radius 2 is 0.519 bits per heavy atom. The van der Waals surface area contributed by atoms with Crippen LogP contribution >= 0.6 is 0 Å². The maximum Gasteiger partial charge on any atom is 0.306 e. The van der Waals surface area contributed by atoms with Gasteiger partial charge in [-0.3, -0.25) is 14.4 Å². The Balaban J connectivity index is 4.50. The van der Waals surface area contributed by atoms with Crippen LogP contribution in [0.1, 0.15) is 265 Å². The van der Waals surface area contributed by atoms with Crippen molar-refractivity contribution in [2.45, 2.75) is 271 Å². The van der Waals surface area contributed by atoms with E-state index in [9.17, 15) is 14.4 Å². The second-order valence-electron chi connectivity index (χ2n) is 20.2. The molecule has 6 nitrogen and oxygen atoms in total. The highest BCUT2D eigenvalue weighted by atomic mass is 16.6. The third-order valence-electron chi connectivity index (χ3n) is 12.8. The van der Waals surface area contributed by atoms with Gasteiger partial charge in [0.05, 0.1) is 0 Å². The number of carbonyl (C=O) groups excluding carboxylic acids is 3. The predicted octanol–water partition coefficient (Wildman–Crippen LogP) is 21.5. The molecule has 1 atom stereocenters. The van der Waals surface area contributed by atoms with E-state index in [4.69, 9.17) is 14.2 Å². The van der Waals surface area contributed by atoms with E-state index in [1.165, 1.54) is 96.3 Å². The standard InChI is InChI=1S/C71H114O6/c1-4-7-10-13-16-19-22-25-28-31-33-34-35-36-38-40-43-46-49-52-55-58-61-64-70(73)76-67-68(66-75-69(72)63-60-57-54-51-48-45-42-39-30-27-24-21-18-15-12-9-6-3)77-71(74)65-62-59-56-53-50-47-44-41-37-32-29-26-23-20-17-14-11-8-5-2/h7,9-10,12,16-21,25-30,33-34,36,38,42,45,51,54,68H,4-6,8,11,13-15,22-24,31-32,35,37,39-41,43-44,46-50,52-53,55-67H2,1-3H3/b10-7-,12-9-,19-16-,20-17-,21-18-,28-25-,29-26-,30-27-,34-33-,38-36-,45-42-,54-51-. The number of carbonyl (C=O) groups is 3. The molecule has 0 aliphatic rings. The van der Waals surface area contributed by atoms with Gasteiger partial charge in [0.2, 0.25) is 0 Å². The van der Waals surface area contributed by atoms with Crippen LogP contribution in [0, 0.1) is 0 Å². The molecular formula is C71H114O6. The van der Waals surface area contributed by atoms with Crippen molar-refractivity contribution in [1.82, 2.24) is 0 Å². The van der Waals surface area contributed by atoms with Crippen LogP contribution in [0.25, 0.3) is 0 Å². The van der Waals surface area contributed by atoms with Crippen molar-refractivity contribution in [1.29, 1.82) is 0 Å². The van der Waals surface area contributed by atoms with E-state index < -0.39 is 6.10 Å². The first kappa shape index (κ1) is 72.3. The first-order chi connectivity index (χ1) is 38.0. The number of hydrogen-bond donors (Lipinski definition) is 0. The smallest absolute Gasteiger partial charge is 0.306 e. The molecule has 0 heterocycles. The number of rotatable bonds is 55. The molecule has 0 saturated heterocycles. The van der Waals surface area contributed by atoms with Gasteiger partial charge in [0.25, 0.3) is 0 Å². The number of hydrogen-bond acceptors (Lipinski definition) is 6. The Hall–Kier alpha value is -4.71. The molecule has 0 aromatic rings. The van der Waals surface area contributed by atoms with Crippen LogP contribution in [0.2, 0.25) is 0 Å². The molecule has 0 bridgehead atoms. The Labute approximate surface area is 474 Å². The normalized spacial score (nSPS) is 13.1. The lowest BCUT2D eigenvalue weighted by Gasteiger charge is -2.18. The molecule has 434 valence electrons. The molecule has 0 fully saturated rings. The van der Waals surface area contributed by atoms with Gasteiger partial charge in [-0.2, -0.15) is 0 Å². The molecule has 0 amide bonds. The molecule has 0 rings (SSSR count). The van der Waals surface area contributed by atoms with Crippen LogP contribution in [0.15, 0.2) is 146 Å². The zero-order valence-corrected chi connectivity index (χ0v) is 49.7. The van der Waals surface area contributed by atoms with Gasteiger partial charge in [-0.25, -0.2) is 0 Å². The van der Waals surface area contributed by atoms with Crippen molar-refractivity contribution in [3.63, 3.8) is 0 Å². The van der Waals surface area contributed by atoms with Crippen molar-refractivity contribution >= 4 is 17.9 Å². The molecule has 0 aromatic carbocycles. The van der Waals surface area contributed by atoms with Gasteiger partial charge in [0, 0.05) is 19.3 Å². The Kier molecular flexibility index (Phi) is 59.9. The maximum atomic E-state index is 12.9. The summed E-state index contributed by atoms with van der Waals surface area (Å²) < 4.78 is 16.9. The molecule has 0 radical (unpaired) electrons. The van der Waals surface area contributed by atoms with Crippen molar-refractivity contribution in [2.24, 2.45) is 0 Å². The van der Waals surface area contributed by atoms with E-state index in [0.717, 1.165) is 122 Å². The summed E-state index contributed by atoms with van der Waals surface area (Å²) in [7, 11) is 0. The van der Waals surface area contributed by atoms with E-state index >= 15 is 0 Å². The number of unbranched alkanes of at least 4 members (excludes halogenated alkanes) is 20. The molecule has 0 aliphatic carbocycles. The fourth-order valence-corrected chi connectivity index (χ4v) is 8.18. The van der Waals surface area contributed by atoms with Crippen LogP contribution in [0.3, 0.4) is 0 Å². The van der Waals surface area contributed by atoms with Crippen molar-refractivity contribution < 1.29 is 28.6 Å². The highest BCUT2D eigenvalue weighted by Gasteiger charge is 2.19. The lowest BCUT2D eigenvalue weighted by molar-refractivity contribution is -0.167. The topological polar surface area (TPSA) is 78.9 Å². The molecule has 0 aliphatic heterocycles. The third kappa shape index (κ3) is 62.0. The van der Waals surface area contributed by atoms with Gasteiger partial charge in [-0.05, 0) is 135 Å². The minimum Gasteiger partial charge on any atom is -0.462 e. The average Bonchev–Trinajstić information content (AvgIpc) is 3.43. The Morgan fingerprint density at radius 3 is 0.844 bits per heavy atom. The predicted molar refractivity (Wildman–Crippen MR) is 334 cm³/mol. The lowest BCUT2D eigenvalue weighted by atomic mass is 10.1. The molecule has 0 spiro atoms. The molecule has 0 N–H and O–H groups in total. The van der Waals surface area contributed by atoms with E-state index in [1.54, 1.807) is 0 Å². The van der Waals surface area contributed by atoms with E-state index in [-0.39, 0.29) is 37.5 Å². The summed E-state index contributed by atoms with van der Waals surface area (Å²) in [5.41, 5.74) is 0. The largest absolute Gasteiger partial charge is 0.462 e. The number of allylic oxidation sites excluding steroid dienone is 24. The molecular weight excluding hydrogens is 949 g/mol. The second kappa shape index (κ2) is 63.8. The fourth-order valence-electron chi connectivity index (χ4n) is 8.18. The number of esters is 3. The summed E-state index contributed by atoms with van der Waals surface area (Å²) in [5.74, 6) is -0.984. The van der Waals surface area contributed by atoms with Crippen LogP contribution in [0.5, 0.6) is 0 Å². The minimum absolute atomic E-state index is 0.109. The van der Waals surface area contributed by atoms with E-state index in [1.807, 2.05) is 0 Å². The molecule has 1 unspecified atom stereocenters. The Bertz CT molecular complexity index is 1700. The minimum atomic E-state index is -0.816. The van der Waals surface area contributed by atoms with Gasteiger partial charge in [0.1, 0.15) is 13.2 Å². The highest BCUT2D eigenvalue weighted by molar-refractivity contribution is 5.71. The second-order valence-corrected chi connectivity index (χ2v) is 20.2. The average molecular weight is 1060 g/mol. The first-order valence-electron chi connectivity index (χ1n) is 31.3. The summed E-state index contributed by atoms with van der Waals surface area (Å²) in [5, 5.41) is 0. The lowest BCUT2D eigenvalue weighted by Crippen LogP contribution is -2.30. The summed E-state index contributed by atoms with van der Waals surface area (Å²) in [4.78, 5) is 38.3. The van der Waals surface area contributed by atoms with E-state index in [2.05, 4.69) is 167 Å². The highest BCUT2D eigenvalue weighted by Crippen LogP contribution is 2.15. The van der Waals surface area contributed by atoms with Crippen molar-refractivity contribution in [3.05, 3.63) is 146 Å². The zero-order valence-electron chi connectivity index (χ0n) is 49.7. The fraction of sp³-hybridized carbons (Fsp3) is 0.620. The monoisotopic (exact) mass is 1060 g/mol. The first-order valence-corrected chi connectivity index (χ1v) is 31.3.